The van der Waals surface area contributed by atoms with Crippen molar-refractivity contribution in [3.05, 3.63) is 23.8 Å². The van der Waals surface area contributed by atoms with Crippen molar-refractivity contribution < 1.29 is 15.0 Å². The highest BCUT2D eigenvalue weighted by atomic mass is 16.3. The van der Waals surface area contributed by atoms with Crippen molar-refractivity contribution in [2.45, 2.75) is 58.3 Å². The molecular weight excluding hydrogens is 240 g/mol. The van der Waals surface area contributed by atoms with Crippen LogP contribution in [-0.4, -0.2) is 16.0 Å². The molecule has 0 heterocycles. The van der Waals surface area contributed by atoms with Crippen molar-refractivity contribution in [1.82, 2.24) is 0 Å². The summed E-state index contributed by atoms with van der Waals surface area (Å²) < 4.78 is 0. The summed E-state index contributed by atoms with van der Waals surface area (Å²) in [5.41, 5.74) is 0.791. The molecular formula is C16H24O3. The van der Waals surface area contributed by atoms with Gasteiger partial charge in [-0.3, -0.25) is 4.79 Å². The molecule has 1 aromatic rings. The molecule has 19 heavy (non-hydrogen) atoms. The van der Waals surface area contributed by atoms with Crippen LogP contribution in [0.4, 0.5) is 0 Å². The number of phenolic OH excluding ortho intramolecular Hbond substituents is 2. The van der Waals surface area contributed by atoms with Gasteiger partial charge < -0.3 is 10.2 Å². The van der Waals surface area contributed by atoms with Crippen LogP contribution in [-0.2, 0) is 4.79 Å². The maximum atomic E-state index is 11.7. The highest BCUT2D eigenvalue weighted by molar-refractivity contribution is 5.78. The van der Waals surface area contributed by atoms with E-state index in [1.807, 2.05) is 6.92 Å². The number of rotatable bonds is 8. The summed E-state index contributed by atoms with van der Waals surface area (Å²) in [6.45, 7) is 4.12. The zero-order valence-electron chi connectivity index (χ0n) is 11.9. The molecule has 3 nitrogen and oxygen atoms in total. The van der Waals surface area contributed by atoms with Gasteiger partial charge in [-0.15, -0.1) is 0 Å². The molecule has 0 bridgehead atoms. The second-order valence-electron chi connectivity index (χ2n) is 5.18. The summed E-state index contributed by atoms with van der Waals surface area (Å²) in [5.74, 6) is 0.587. The van der Waals surface area contributed by atoms with Gasteiger partial charge in [0.25, 0.3) is 0 Å². The average Bonchev–Trinajstić information content (AvgIpc) is 2.36. The summed E-state index contributed by atoms with van der Waals surface area (Å²) >= 11 is 0. The minimum absolute atomic E-state index is 0.0593. The first kappa shape index (κ1) is 15.5. The van der Waals surface area contributed by atoms with Crippen LogP contribution in [0.2, 0.25) is 0 Å². The van der Waals surface area contributed by atoms with Crippen LogP contribution >= 0.6 is 0 Å². The molecule has 0 spiro atoms. The topological polar surface area (TPSA) is 57.5 Å². The first-order valence-electron chi connectivity index (χ1n) is 7.08. The van der Waals surface area contributed by atoms with Gasteiger partial charge in [0.2, 0.25) is 0 Å². The Kier molecular flexibility index (Phi) is 6.40. The Balaban J connectivity index is 2.42. The lowest BCUT2D eigenvalue weighted by atomic mass is 9.93. The minimum Gasteiger partial charge on any atom is -0.508 e. The number of hydrogen-bond donors (Lipinski definition) is 2. The quantitative estimate of drug-likeness (QED) is 0.694. The van der Waals surface area contributed by atoms with Gasteiger partial charge in [-0.05, 0) is 30.4 Å². The summed E-state index contributed by atoms with van der Waals surface area (Å²) in [6, 6.07) is 4.63. The van der Waals surface area contributed by atoms with E-state index in [2.05, 4.69) is 6.92 Å². The molecule has 0 fully saturated rings. The molecule has 0 amide bonds. The molecule has 3 heteroatoms. The van der Waals surface area contributed by atoms with E-state index in [1.165, 1.54) is 6.07 Å². The maximum Gasteiger partial charge on any atom is 0.132 e. The number of hydrogen-bond acceptors (Lipinski definition) is 3. The predicted molar refractivity (Wildman–Crippen MR) is 76.6 cm³/mol. The van der Waals surface area contributed by atoms with E-state index in [4.69, 9.17) is 0 Å². The first-order valence-corrected chi connectivity index (χ1v) is 7.08. The third-order valence-corrected chi connectivity index (χ3v) is 3.46. The molecule has 0 saturated heterocycles. The van der Waals surface area contributed by atoms with Crippen LogP contribution < -0.4 is 0 Å². The Morgan fingerprint density at radius 2 is 1.95 bits per heavy atom. The van der Waals surface area contributed by atoms with Gasteiger partial charge in [-0.2, -0.15) is 0 Å². The van der Waals surface area contributed by atoms with Crippen molar-refractivity contribution in [3.63, 3.8) is 0 Å². The second-order valence-corrected chi connectivity index (χ2v) is 5.18. The van der Waals surface area contributed by atoms with Crippen molar-refractivity contribution in [1.29, 1.82) is 0 Å². The van der Waals surface area contributed by atoms with Crippen LogP contribution in [0.5, 0.6) is 11.5 Å². The molecule has 0 saturated carbocycles. The zero-order chi connectivity index (χ0) is 14.3. The molecule has 1 atom stereocenters. The summed E-state index contributed by atoms with van der Waals surface area (Å²) in [7, 11) is 0. The number of aromatic hydroxyl groups is 2. The number of carbonyl (C=O) groups is 1. The molecule has 106 valence electrons. The fraction of sp³-hybridized carbons (Fsp3) is 0.562. The summed E-state index contributed by atoms with van der Waals surface area (Å²) in [6.07, 6.45) is 5.19. The number of unbranched alkanes of at least 4 members (excludes halogenated alkanes) is 2. The van der Waals surface area contributed by atoms with Crippen molar-refractivity contribution in [2.24, 2.45) is 0 Å². The molecule has 0 radical (unpaired) electrons. The number of Topliss-reactive ketones (excluding diaryl/α,β-unsaturated/α-hetero) is 1. The monoisotopic (exact) mass is 264 g/mol. The van der Waals surface area contributed by atoms with Crippen molar-refractivity contribution in [2.75, 3.05) is 0 Å². The van der Waals surface area contributed by atoms with Crippen LogP contribution in [0.15, 0.2) is 18.2 Å². The van der Waals surface area contributed by atoms with E-state index >= 15 is 0 Å². The highest BCUT2D eigenvalue weighted by Crippen LogP contribution is 2.31. The number of carbonyl (C=O) groups excluding carboxylic acids is 1. The largest absolute Gasteiger partial charge is 0.508 e. The first-order chi connectivity index (χ1) is 9.04. The Morgan fingerprint density at radius 3 is 2.58 bits per heavy atom. The number of ketones is 1. The van der Waals surface area contributed by atoms with Gasteiger partial charge in [-0.1, -0.05) is 32.8 Å². The second kappa shape index (κ2) is 7.82. The highest BCUT2D eigenvalue weighted by Gasteiger charge is 2.12. The SMILES string of the molecule is CCCCCC(=O)CCC(C)c1ccc(O)cc1O. The minimum atomic E-state index is 0.0593. The fourth-order valence-corrected chi connectivity index (χ4v) is 2.18. The normalized spacial score (nSPS) is 12.3. The van der Waals surface area contributed by atoms with Gasteiger partial charge in [-0.25, -0.2) is 0 Å². The lowest BCUT2D eigenvalue weighted by molar-refractivity contribution is -0.119. The Labute approximate surface area is 115 Å². The standard InChI is InChI=1S/C16H24O3/c1-3-4-5-6-13(17)8-7-12(2)15-10-9-14(18)11-16(15)19/h9-12,18-19H,3-8H2,1-2H3. The van der Waals surface area contributed by atoms with Crippen LogP contribution in [0, 0.1) is 0 Å². The average molecular weight is 264 g/mol. The van der Waals surface area contributed by atoms with Crippen LogP contribution in [0.3, 0.4) is 0 Å². The van der Waals surface area contributed by atoms with E-state index in [-0.39, 0.29) is 17.4 Å². The Hall–Kier alpha value is -1.51. The third-order valence-electron chi connectivity index (χ3n) is 3.46. The van der Waals surface area contributed by atoms with Crippen LogP contribution in [0.25, 0.3) is 0 Å². The van der Waals surface area contributed by atoms with Gasteiger partial charge >= 0.3 is 0 Å². The van der Waals surface area contributed by atoms with Crippen molar-refractivity contribution in [3.8, 4) is 11.5 Å². The third kappa shape index (κ3) is 5.33. The van der Waals surface area contributed by atoms with E-state index in [0.717, 1.165) is 31.2 Å². The zero-order valence-corrected chi connectivity index (χ0v) is 11.9. The van der Waals surface area contributed by atoms with E-state index in [0.29, 0.717) is 18.6 Å². The molecule has 0 aliphatic heterocycles. The van der Waals surface area contributed by atoms with Crippen LogP contribution in [0.1, 0.15) is 63.9 Å². The van der Waals surface area contributed by atoms with Gasteiger partial charge in [0.05, 0.1) is 0 Å². The van der Waals surface area contributed by atoms with Gasteiger partial charge in [0, 0.05) is 18.9 Å². The summed E-state index contributed by atoms with van der Waals surface area (Å²) in [4.78, 5) is 11.7. The smallest absolute Gasteiger partial charge is 0.132 e. The lowest BCUT2D eigenvalue weighted by Gasteiger charge is -2.13. The predicted octanol–water partition coefficient (Wildman–Crippen LogP) is 4.13. The fourth-order valence-electron chi connectivity index (χ4n) is 2.18. The number of phenols is 2. The molecule has 1 aromatic carbocycles. The molecule has 0 aliphatic carbocycles. The van der Waals surface area contributed by atoms with Gasteiger partial charge in [0.1, 0.15) is 17.3 Å². The molecule has 2 N–H and O–H groups in total. The molecule has 0 aliphatic rings. The van der Waals surface area contributed by atoms with Gasteiger partial charge in [0.15, 0.2) is 0 Å². The Bertz CT molecular complexity index is 412. The molecule has 0 aromatic heterocycles. The van der Waals surface area contributed by atoms with E-state index in [9.17, 15) is 15.0 Å². The van der Waals surface area contributed by atoms with E-state index in [1.54, 1.807) is 12.1 Å². The molecule has 1 rings (SSSR count). The van der Waals surface area contributed by atoms with Crippen molar-refractivity contribution >= 4 is 5.78 Å². The summed E-state index contributed by atoms with van der Waals surface area (Å²) in [5, 5.41) is 19.0. The maximum absolute atomic E-state index is 11.7. The Morgan fingerprint density at radius 1 is 1.21 bits per heavy atom. The lowest BCUT2D eigenvalue weighted by Crippen LogP contribution is -2.02. The molecule has 1 unspecified atom stereocenters. The number of benzene rings is 1. The van der Waals surface area contributed by atoms with E-state index < -0.39 is 0 Å².